The first kappa shape index (κ1) is 13.0. The second-order valence-electron chi connectivity index (χ2n) is 4.12. The van der Waals surface area contributed by atoms with Gasteiger partial charge in [-0.1, -0.05) is 0 Å². The van der Waals surface area contributed by atoms with Gasteiger partial charge in [-0.15, -0.1) is 0 Å². The Hall–Kier alpha value is -2.43. The summed E-state index contributed by atoms with van der Waals surface area (Å²) in [6, 6.07) is 5.45. The third-order valence-electron chi connectivity index (χ3n) is 2.78. The number of hydrogen-bond donors (Lipinski definition) is 2. The highest BCUT2D eigenvalue weighted by Gasteiger charge is 2.14. The summed E-state index contributed by atoms with van der Waals surface area (Å²) in [5.74, 6) is -2.91. The molecule has 3 nitrogen and oxygen atoms in total. The summed E-state index contributed by atoms with van der Waals surface area (Å²) in [4.78, 5) is 10.7. The molecule has 5 heteroatoms. The van der Waals surface area contributed by atoms with Gasteiger partial charge >= 0.3 is 5.97 Å². The predicted molar refractivity (Wildman–Crippen MR) is 65.2 cm³/mol. The molecule has 0 heterocycles. The normalized spacial score (nSPS) is 10.5. The Bertz CT molecular complexity index is 666. The molecule has 0 bridgehead atoms. The molecule has 0 unspecified atom stereocenters. The van der Waals surface area contributed by atoms with Gasteiger partial charge in [0, 0.05) is 11.1 Å². The van der Waals surface area contributed by atoms with Gasteiger partial charge in [0.1, 0.15) is 17.4 Å². The molecule has 0 atom stereocenters. The summed E-state index contributed by atoms with van der Waals surface area (Å²) in [7, 11) is 0. The highest BCUT2D eigenvalue weighted by molar-refractivity contribution is 5.89. The highest BCUT2D eigenvalue weighted by Crippen LogP contribution is 2.33. The van der Waals surface area contributed by atoms with Crippen LogP contribution in [0.3, 0.4) is 0 Å². The molecular weight excluding hydrogens is 254 g/mol. The Morgan fingerprint density at radius 1 is 1.05 bits per heavy atom. The van der Waals surface area contributed by atoms with E-state index in [2.05, 4.69) is 0 Å². The lowest BCUT2D eigenvalue weighted by Crippen LogP contribution is -1.96. The van der Waals surface area contributed by atoms with Gasteiger partial charge in [0.2, 0.25) is 0 Å². The fourth-order valence-electron chi connectivity index (χ4n) is 1.75. The molecule has 0 saturated carbocycles. The summed E-state index contributed by atoms with van der Waals surface area (Å²) in [5, 5.41) is 18.5. The van der Waals surface area contributed by atoms with Gasteiger partial charge in [0.15, 0.2) is 0 Å². The molecule has 98 valence electrons. The number of phenols is 1. The van der Waals surface area contributed by atoms with Crippen LogP contribution >= 0.6 is 0 Å². The van der Waals surface area contributed by atoms with E-state index in [1.54, 1.807) is 0 Å². The number of benzene rings is 2. The Labute approximate surface area is 107 Å². The van der Waals surface area contributed by atoms with E-state index in [4.69, 9.17) is 5.11 Å². The lowest BCUT2D eigenvalue weighted by Gasteiger charge is -2.08. The van der Waals surface area contributed by atoms with Crippen LogP contribution in [0.15, 0.2) is 30.3 Å². The van der Waals surface area contributed by atoms with E-state index in [-0.39, 0.29) is 22.3 Å². The summed E-state index contributed by atoms with van der Waals surface area (Å²) in [6.07, 6.45) is 0. The van der Waals surface area contributed by atoms with Crippen molar-refractivity contribution in [1.82, 2.24) is 0 Å². The summed E-state index contributed by atoms with van der Waals surface area (Å²) in [6.45, 7) is 1.43. The molecule has 0 aromatic heterocycles. The van der Waals surface area contributed by atoms with Gasteiger partial charge in [-0.05, 0) is 42.8 Å². The average molecular weight is 264 g/mol. The van der Waals surface area contributed by atoms with Gasteiger partial charge in [-0.3, -0.25) is 0 Å². The number of rotatable bonds is 2. The molecule has 0 amide bonds. The van der Waals surface area contributed by atoms with Crippen molar-refractivity contribution in [3.8, 4) is 16.9 Å². The number of aromatic hydroxyl groups is 1. The van der Waals surface area contributed by atoms with E-state index >= 15 is 0 Å². The Kier molecular flexibility index (Phi) is 3.21. The standard InChI is InChI=1S/C14H10F2O3/c1-7-4-12(16)10(6-11(7)15)9-3-2-8(14(18)19)5-13(9)17/h2-6,17H,1H3,(H,18,19). The van der Waals surface area contributed by atoms with Crippen LogP contribution in [-0.2, 0) is 0 Å². The number of hydrogen-bond acceptors (Lipinski definition) is 2. The quantitative estimate of drug-likeness (QED) is 0.874. The van der Waals surface area contributed by atoms with Crippen molar-refractivity contribution in [2.45, 2.75) is 6.92 Å². The molecule has 2 aromatic rings. The first-order valence-electron chi connectivity index (χ1n) is 5.42. The van der Waals surface area contributed by atoms with Crippen LogP contribution < -0.4 is 0 Å². The predicted octanol–water partition coefficient (Wildman–Crippen LogP) is 3.34. The second-order valence-corrected chi connectivity index (χ2v) is 4.12. The van der Waals surface area contributed by atoms with Crippen molar-refractivity contribution in [2.75, 3.05) is 0 Å². The van der Waals surface area contributed by atoms with E-state index in [1.807, 2.05) is 0 Å². The lowest BCUT2D eigenvalue weighted by molar-refractivity contribution is 0.0696. The largest absolute Gasteiger partial charge is 0.507 e. The number of carboxylic acids is 1. The third kappa shape index (κ3) is 2.40. The SMILES string of the molecule is Cc1cc(F)c(-c2ccc(C(=O)O)cc2O)cc1F. The summed E-state index contributed by atoms with van der Waals surface area (Å²) >= 11 is 0. The van der Waals surface area contributed by atoms with Crippen molar-refractivity contribution in [3.05, 3.63) is 53.1 Å². The van der Waals surface area contributed by atoms with Gasteiger partial charge in [-0.2, -0.15) is 0 Å². The van der Waals surface area contributed by atoms with E-state index in [9.17, 15) is 18.7 Å². The molecule has 0 radical (unpaired) electrons. The van der Waals surface area contributed by atoms with Crippen molar-refractivity contribution >= 4 is 5.97 Å². The van der Waals surface area contributed by atoms with E-state index in [0.717, 1.165) is 18.2 Å². The monoisotopic (exact) mass is 264 g/mol. The molecular formula is C14H10F2O3. The molecule has 2 rings (SSSR count). The maximum atomic E-state index is 13.8. The van der Waals surface area contributed by atoms with Gasteiger partial charge < -0.3 is 10.2 Å². The fraction of sp³-hybridized carbons (Fsp3) is 0.0714. The molecule has 0 saturated heterocycles. The molecule has 19 heavy (non-hydrogen) atoms. The van der Waals surface area contributed by atoms with Crippen LogP contribution in [0.2, 0.25) is 0 Å². The lowest BCUT2D eigenvalue weighted by atomic mass is 10.0. The fourth-order valence-corrected chi connectivity index (χ4v) is 1.75. The zero-order valence-corrected chi connectivity index (χ0v) is 9.95. The van der Waals surface area contributed by atoms with Gasteiger partial charge in [0.25, 0.3) is 0 Å². The number of phenolic OH excluding ortho intramolecular Hbond substituents is 1. The minimum absolute atomic E-state index is 0.0430. The van der Waals surface area contributed by atoms with Crippen molar-refractivity contribution in [2.24, 2.45) is 0 Å². The zero-order valence-electron chi connectivity index (χ0n) is 9.95. The molecule has 0 aliphatic carbocycles. The molecule has 2 N–H and O–H groups in total. The van der Waals surface area contributed by atoms with Gasteiger partial charge in [-0.25, -0.2) is 13.6 Å². The first-order chi connectivity index (χ1) is 8.90. The minimum atomic E-state index is -1.21. The topological polar surface area (TPSA) is 57.5 Å². The second kappa shape index (κ2) is 4.68. The number of aromatic carboxylic acids is 1. The maximum Gasteiger partial charge on any atom is 0.335 e. The zero-order chi connectivity index (χ0) is 14.2. The van der Waals surface area contributed by atoms with Crippen LogP contribution in [0.25, 0.3) is 11.1 Å². The molecule has 0 fully saturated rings. The van der Waals surface area contributed by atoms with Crippen LogP contribution in [-0.4, -0.2) is 16.2 Å². The first-order valence-corrected chi connectivity index (χ1v) is 5.42. The smallest absolute Gasteiger partial charge is 0.335 e. The van der Waals surface area contributed by atoms with Crippen LogP contribution in [0.4, 0.5) is 8.78 Å². The molecule has 0 aliphatic heterocycles. The molecule has 2 aromatic carbocycles. The number of carboxylic acid groups (broad SMARTS) is 1. The van der Waals surface area contributed by atoms with Gasteiger partial charge in [0.05, 0.1) is 5.56 Å². The Morgan fingerprint density at radius 2 is 1.74 bits per heavy atom. The molecule has 0 spiro atoms. The van der Waals surface area contributed by atoms with Crippen LogP contribution in [0.5, 0.6) is 5.75 Å². The van der Waals surface area contributed by atoms with Crippen LogP contribution in [0.1, 0.15) is 15.9 Å². The van der Waals surface area contributed by atoms with E-state index in [1.165, 1.54) is 19.1 Å². The maximum absolute atomic E-state index is 13.8. The van der Waals surface area contributed by atoms with Crippen molar-refractivity contribution in [3.63, 3.8) is 0 Å². The Morgan fingerprint density at radius 3 is 2.32 bits per heavy atom. The third-order valence-corrected chi connectivity index (χ3v) is 2.78. The Balaban J connectivity index is 2.59. The van der Waals surface area contributed by atoms with E-state index < -0.39 is 23.4 Å². The number of halogens is 2. The molecule has 0 aliphatic rings. The van der Waals surface area contributed by atoms with Crippen molar-refractivity contribution in [1.29, 1.82) is 0 Å². The summed E-state index contributed by atoms with van der Waals surface area (Å²) in [5.41, 5.74) is -0.0453. The van der Waals surface area contributed by atoms with Crippen LogP contribution in [0, 0.1) is 18.6 Å². The minimum Gasteiger partial charge on any atom is -0.507 e. The summed E-state index contributed by atoms with van der Waals surface area (Å²) < 4.78 is 27.2. The highest BCUT2D eigenvalue weighted by atomic mass is 19.1. The van der Waals surface area contributed by atoms with E-state index in [0.29, 0.717) is 0 Å². The average Bonchev–Trinajstić information content (AvgIpc) is 2.34. The number of carbonyl (C=O) groups is 1. The number of aryl methyl sites for hydroxylation is 1. The van der Waals surface area contributed by atoms with Crippen molar-refractivity contribution < 1.29 is 23.8 Å².